The van der Waals surface area contributed by atoms with Crippen molar-refractivity contribution in [1.82, 2.24) is 0 Å². The highest BCUT2D eigenvalue weighted by Crippen LogP contribution is 1.83. The standard InChI is InChI=1S/C5H5NO.C3H6O2/c7-5-2-1-3-6-4-5;1-2-5-3-4/h1-3H,4H2;3H,2H2,1H3. The highest BCUT2D eigenvalue weighted by atomic mass is 16.5. The number of aliphatic imine (C=N–C) groups is 1. The van der Waals surface area contributed by atoms with Crippen LogP contribution in [-0.4, -0.2) is 31.6 Å². The first-order valence-electron chi connectivity index (χ1n) is 3.55. The van der Waals surface area contributed by atoms with Crippen molar-refractivity contribution in [1.29, 1.82) is 0 Å². The fourth-order valence-corrected chi connectivity index (χ4v) is 0.475. The lowest BCUT2D eigenvalue weighted by Crippen LogP contribution is -2.00. The van der Waals surface area contributed by atoms with Crippen molar-refractivity contribution < 1.29 is 14.3 Å². The average Bonchev–Trinajstić information content (AvgIpc) is 2.08. The smallest absolute Gasteiger partial charge is 0.293 e. The van der Waals surface area contributed by atoms with E-state index in [1.807, 2.05) is 0 Å². The number of dihydropyridines is 1. The molecule has 0 spiro atoms. The lowest BCUT2D eigenvalue weighted by molar-refractivity contribution is -0.128. The number of ketones is 1. The Morgan fingerprint density at radius 3 is 2.67 bits per heavy atom. The minimum Gasteiger partial charge on any atom is -0.468 e. The number of hydrogen-bond acceptors (Lipinski definition) is 4. The summed E-state index contributed by atoms with van der Waals surface area (Å²) in [5, 5.41) is 0. The molecule has 4 nitrogen and oxygen atoms in total. The number of rotatable bonds is 2. The Balaban J connectivity index is 0.000000217. The van der Waals surface area contributed by atoms with Crippen molar-refractivity contribution >= 4 is 18.5 Å². The van der Waals surface area contributed by atoms with Gasteiger partial charge in [0.2, 0.25) is 0 Å². The fraction of sp³-hybridized carbons (Fsp3) is 0.375. The van der Waals surface area contributed by atoms with Crippen LogP contribution >= 0.6 is 0 Å². The molecule has 12 heavy (non-hydrogen) atoms. The van der Waals surface area contributed by atoms with Gasteiger partial charge in [0.15, 0.2) is 5.78 Å². The van der Waals surface area contributed by atoms with Crippen molar-refractivity contribution in [3.63, 3.8) is 0 Å². The zero-order valence-corrected chi connectivity index (χ0v) is 6.90. The van der Waals surface area contributed by atoms with Gasteiger partial charge < -0.3 is 4.74 Å². The van der Waals surface area contributed by atoms with Crippen LogP contribution in [0.5, 0.6) is 0 Å². The quantitative estimate of drug-likeness (QED) is 0.561. The number of hydrogen-bond donors (Lipinski definition) is 0. The summed E-state index contributed by atoms with van der Waals surface area (Å²) in [6.07, 6.45) is 4.79. The second kappa shape index (κ2) is 7.65. The Morgan fingerprint density at radius 1 is 1.75 bits per heavy atom. The molecule has 0 aromatic rings. The van der Waals surface area contributed by atoms with Crippen LogP contribution < -0.4 is 0 Å². The Bertz CT molecular complexity index is 196. The molecule has 0 saturated carbocycles. The normalized spacial score (nSPS) is 13.2. The summed E-state index contributed by atoms with van der Waals surface area (Å²) in [5.41, 5.74) is 0. The van der Waals surface area contributed by atoms with Crippen molar-refractivity contribution in [3.05, 3.63) is 12.2 Å². The van der Waals surface area contributed by atoms with Gasteiger partial charge in [0, 0.05) is 6.21 Å². The Hall–Kier alpha value is -1.45. The maximum absolute atomic E-state index is 10.3. The van der Waals surface area contributed by atoms with Crippen LogP contribution in [0.4, 0.5) is 0 Å². The lowest BCUT2D eigenvalue weighted by Gasteiger charge is -1.88. The van der Waals surface area contributed by atoms with Gasteiger partial charge in [-0.2, -0.15) is 0 Å². The van der Waals surface area contributed by atoms with Gasteiger partial charge in [-0.15, -0.1) is 0 Å². The second-order valence-corrected chi connectivity index (χ2v) is 1.87. The third kappa shape index (κ3) is 6.67. The zero-order valence-electron chi connectivity index (χ0n) is 6.90. The average molecular weight is 169 g/mol. The maximum atomic E-state index is 10.3. The molecule has 0 saturated heterocycles. The molecule has 66 valence electrons. The largest absolute Gasteiger partial charge is 0.468 e. The van der Waals surface area contributed by atoms with Gasteiger partial charge in [-0.1, -0.05) is 0 Å². The van der Waals surface area contributed by atoms with Crippen molar-refractivity contribution in [3.8, 4) is 0 Å². The van der Waals surface area contributed by atoms with E-state index in [1.165, 1.54) is 6.08 Å². The first kappa shape index (κ1) is 10.6. The molecule has 0 atom stereocenters. The van der Waals surface area contributed by atoms with Gasteiger partial charge >= 0.3 is 0 Å². The molecule has 0 aliphatic carbocycles. The summed E-state index contributed by atoms with van der Waals surface area (Å²) in [7, 11) is 0. The van der Waals surface area contributed by atoms with Crippen LogP contribution in [0.3, 0.4) is 0 Å². The van der Waals surface area contributed by atoms with E-state index in [9.17, 15) is 9.59 Å². The third-order valence-corrected chi connectivity index (χ3v) is 0.955. The van der Waals surface area contributed by atoms with Gasteiger partial charge in [-0.25, -0.2) is 0 Å². The van der Waals surface area contributed by atoms with E-state index in [4.69, 9.17) is 0 Å². The molecule has 1 aliphatic rings. The molecule has 1 heterocycles. The monoisotopic (exact) mass is 169 g/mol. The van der Waals surface area contributed by atoms with Crippen LogP contribution in [0.15, 0.2) is 17.1 Å². The number of nitrogens with zero attached hydrogens (tertiary/aromatic N) is 1. The van der Waals surface area contributed by atoms with Crippen LogP contribution in [0.25, 0.3) is 0 Å². The van der Waals surface area contributed by atoms with Gasteiger partial charge in [0.05, 0.1) is 6.61 Å². The Morgan fingerprint density at radius 2 is 2.50 bits per heavy atom. The minimum absolute atomic E-state index is 0.0856. The second-order valence-electron chi connectivity index (χ2n) is 1.87. The third-order valence-electron chi connectivity index (χ3n) is 0.955. The maximum Gasteiger partial charge on any atom is 0.293 e. The van der Waals surface area contributed by atoms with E-state index in [0.717, 1.165) is 0 Å². The number of allylic oxidation sites excluding steroid dienone is 1. The lowest BCUT2D eigenvalue weighted by atomic mass is 10.3. The molecule has 0 N–H and O–H groups in total. The van der Waals surface area contributed by atoms with Crippen LogP contribution in [-0.2, 0) is 14.3 Å². The molecule has 0 radical (unpaired) electrons. The molecule has 0 amide bonds. The molecular weight excluding hydrogens is 158 g/mol. The van der Waals surface area contributed by atoms with E-state index in [0.29, 0.717) is 19.6 Å². The number of carbonyl (C=O) groups is 2. The predicted octanol–water partition coefficient (Wildman–Crippen LogP) is 0.375. The summed E-state index contributed by atoms with van der Waals surface area (Å²) in [4.78, 5) is 23.1. The highest BCUT2D eigenvalue weighted by Gasteiger charge is 1.93. The molecule has 1 rings (SSSR count). The molecule has 0 aromatic heterocycles. The van der Waals surface area contributed by atoms with Crippen molar-refractivity contribution in [2.75, 3.05) is 13.2 Å². The molecule has 0 aromatic carbocycles. The number of ether oxygens (including phenoxy) is 1. The minimum atomic E-state index is 0.0856. The first-order valence-corrected chi connectivity index (χ1v) is 3.55. The SMILES string of the molecule is CCOC=O.O=C1C=CC=NC1. The molecule has 0 unspecified atom stereocenters. The van der Waals surface area contributed by atoms with E-state index < -0.39 is 0 Å². The van der Waals surface area contributed by atoms with Crippen LogP contribution in [0, 0.1) is 0 Å². The topological polar surface area (TPSA) is 55.7 Å². The van der Waals surface area contributed by atoms with E-state index in [-0.39, 0.29) is 5.78 Å². The highest BCUT2D eigenvalue weighted by molar-refractivity contribution is 5.98. The Kier molecular flexibility index (Phi) is 6.73. The number of carbonyl (C=O) groups excluding carboxylic acids is 2. The molecule has 4 heteroatoms. The zero-order chi connectivity index (χ0) is 9.23. The summed E-state index contributed by atoms with van der Waals surface area (Å²) >= 11 is 0. The van der Waals surface area contributed by atoms with Gasteiger partial charge in [-0.3, -0.25) is 14.6 Å². The van der Waals surface area contributed by atoms with E-state index >= 15 is 0 Å². The molecule has 0 fully saturated rings. The summed E-state index contributed by atoms with van der Waals surface area (Å²) in [6, 6.07) is 0. The summed E-state index contributed by atoms with van der Waals surface area (Å²) in [6.45, 7) is 2.99. The first-order chi connectivity index (χ1) is 5.81. The van der Waals surface area contributed by atoms with Crippen molar-refractivity contribution in [2.45, 2.75) is 6.92 Å². The van der Waals surface area contributed by atoms with Crippen LogP contribution in [0.1, 0.15) is 6.92 Å². The van der Waals surface area contributed by atoms with E-state index in [1.54, 1.807) is 19.2 Å². The summed E-state index contributed by atoms with van der Waals surface area (Å²) < 4.78 is 4.15. The van der Waals surface area contributed by atoms with Crippen LogP contribution in [0.2, 0.25) is 0 Å². The molecule has 1 aliphatic heterocycles. The van der Waals surface area contributed by atoms with Gasteiger partial charge in [0.25, 0.3) is 6.47 Å². The molecule has 0 bridgehead atoms. The van der Waals surface area contributed by atoms with Crippen molar-refractivity contribution in [2.24, 2.45) is 4.99 Å². The Labute approximate surface area is 70.9 Å². The molecular formula is C8H11NO3. The van der Waals surface area contributed by atoms with Gasteiger partial charge in [0.1, 0.15) is 6.54 Å². The van der Waals surface area contributed by atoms with Gasteiger partial charge in [-0.05, 0) is 19.1 Å². The fourth-order valence-electron chi connectivity index (χ4n) is 0.475. The summed E-state index contributed by atoms with van der Waals surface area (Å²) in [5.74, 6) is 0.0856. The van der Waals surface area contributed by atoms with E-state index in [2.05, 4.69) is 9.73 Å². The predicted molar refractivity (Wildman–Crippen MR) is 45.2 cm³/mol.